The Bertz CT molecular complexity index is 410. The molecule has 1 heteroatoms. The smallest absolute Gasteiger partial charge is 0.00966 e. The summed E-state index contributed by atoms with van der Waals surface area (Å²) in [5.74, 6) is 2.69. The van der Waals surface area contributed by atoms with Crippen LogP contribution in [-0.4, -0.2) is 12.1 Å². The van der Waals surface area contributed by atoms with Crippen LogP contribution < -0.4 is 5.32 Å². The second-order valence-corrected chi connectivity index (χ2v) is 7.57. The number of hydrogen-bond acceptors (Lipinski definition) is 1. The van der Waals surface area contributed by atoms with Gasteiger partial charge in [-0.2, -0.15) is 0 Å². The summed E-state index contributed by atoms with van der Waals surface area (Å²) in [6.45, 7) is 8.04. The van der Waals surface area contributed by atoms with Crippen LogP contribution in [-0.2, 0) is 12.8 Å². The highest BCUT2D eigenvalue weighted by Gasteiger charge is 2.38. The van der Waals surface area contributed by atoms with Crippen molar-refractivity contribution >= 4 is 0 Å². The third-order valence-electron chi connectivity index (χ3n) is 5.07. The molecule has 0 aromatic heterocycles. The van der Waals surface area contributed by atoms with Crippen LogP contribution in [0.4, 0.5) is 0 Å². The monoisotopic (exact) mass is 257 g/mol. The molecule has 0 heterocycles. The summed E-state index contributed by atoms with van der Waals surface area (Å²) in [7, 11) is 0. The van der Waals surface area contributed by atoms with Crippen LogP contribution in [0.25, 0.3) is 0 Å². The molecule has 0 saturated heterocycles. The van der Waals surface area contributed by atoms with Gasteiger partial charge in [-0.3, -0.25) is 0 Å². The second-order valence-electron chi connectivity index (χ2n) is 7.57. The third kappa shape index (κ3) is 2.86. The van der Waals surface area contributed by atoms with Crippen molar-refractivity contribution in [1.82, 2.24) is 5.32 Å². The van der Waals surface area contributed by atoms with Crippen LogP contribution in [0.2, 0.25) is 0 Å². The van der Waals surface area contributed by atoms with E-state index in [0.29, 0.717) is 0 Å². The Hall–Kier alpha value is -0.820. The maximum absolute atomic E-state index is 3.75. The summed E-state index contributed by atoms with van der Waals surface area (Å²) in [5, 5.41) is 3.75. The average Bonchev–Trinajstić information content (AvgIpc) is 2.61. The van der Waals surface area contributed by atoms with E-state index in [4.69, 9.17) is 0 Å². The zero-order valence-corrected chi connectivity index (χ0v) is 12.6. The minimum Gasteiger partial charge on any atom is -0.312 e. The molecule has 3 rings (SSSR count). The van der Waals surface area contributed by atoms with Gasteiger partial charge < -0.3 is 5.32 Å². The zero-order chi connectivity index (χ0) is 13.5. The largest absolute Gasteiger partial charge is 0.312 e. The molecule has 1 N–H and O–H groups in total. The molecule has 2 bridgehead atoms. The maximum Gasteiger partial charge on any atom is 0.00966 e. The van der Waals surface area contributed by atoms with Gasteiger partial charge in [0.05, 0.1) is 0 Å². The zero-order valence-electron chi connectivity index (χ0n) is 12.6. The lowest BCUT2D eigenvalue weighted by molar-refractivity contribution is 0.272. The van der Waals surface area contributed by atoms with Crippen molar-refractivity contribution in [3.8, 4) is 0 Å². The Balaban J connectivity index is 1.76. The summed E-state index contributed by atoms with van der Waals surface area (Å²) in [6, 6.07) is 9.12. The summed E-state index contributed by atoms with van der Waals surface area (Å²) in [6.07, 6.45) is 5.50. The Morgan fingerprint density at radius 3 is 2.00 bits per heavy atom. The number of rotatable bonds is 2. The first-order chi connectivity index (χ1) is 9.03. The normalized spacial score (nSPS) is 29.9. The Kier molecular flexibility index (Phi) is 3.42. The highest BCUT2D eigenvalue weighted by molar-refractivity contribution is 5.30. The minimum atomic E-state index is 0.249. The standard InChI is InChI=1S/C18H27N/c1-18(2,3)19-12-17-15-8-9-16(17)11-14-7-5-4-6-13(14)10-15/h4-7,15-17,19H,8-12H2,1-3H3. The molecule has 104 valence electrons. The molecule has 2 aliphatic carbocycles. The van der Waals surface area contributed by atoms with E-state index in [1.165, 1.54) is 32.2 Å². The maximum atomic E-state index is 3.75. The van der Waals surface area contributed by atoms with Crippen molar-refractivity contribution < 1.29 is 0 Å². The molecule has 0 aliphatic heterocycles. The molecule has 2 atom stereocenters. The van der Waals surface area contributed by atoms with Gasteiger partial charge in [0, 0.05) is 5.54 Å². The van der Waals surface area contributed by atoms with E-state index in [-0.39, 0.29) is 5.54 Å². The Morgan fingerprint density at radius 2 is 1.53 bits per heavy atom. The van der Waals surface area contributed by atoms with E-state index in [2.05, 4.69) is 50.4 Å². The molecule has 2 unspecified atom stereocenters. The first-order valence-electron chi connectivity index (χ1n) is 7.85. The minimum absolute atomic E-state index is 0.249. The first kappa shape index (κ1) is 13.2. The number of hydrogen-bond donors (Lipinski definition) is 1. The molecule has 1 fully saturated rings. The Labute approximate surface area is 117 Å². The van der Waals surface area contributed by atoms with Crippen molar-refractivity contribution in [2.75, 3.05) is 6.54 Å². The summed E-state index contributed by atoms with van der Waals surface area (Å²) >= 11 is 0. The fourth-order valence-corrected chi connectivity index (χ4v) is 4.03. The third-order valence-corrected chi connectivity index (χ3v) is 5.07. The van der Waals surface area contributed by atoms with Crippen molar-refractivity contribution in [3.05, 3.63) is 35.4 Å². The van der Waals surface area contributed by atoms with Crippen molar-refractivity contribution in [2.45, 2.75) is 52.0 Å². The molecule has 0 amide bonds. The lowest BCUT2D eigenvalue weighted by Crippen LogP contribution is -2.41. The van der Waals surface area contributed by atoms with E-state index in [1.54, 1.807) is 11.1 Å². The fraction of sp³-hybridized carbons (Fsp3) is 0.667. The molecular formula is C18H27N. The van der Waals surface area contributed by atoms with Crippen LogP contribution in [0.1, 0.15) is 44.7 Å². The highest BCUT2D eigenvalue weighted by Crippen LogP contribution is 2.44. The van der Waals surface area contributed by atoms with Crippen LogP contribution >= 0.6 is 0 Å². The van der Waals surface area contributed by atoms with Gasteiger partial charge in [0.15, 0.2) is 0 Å². The van der Waals surface area contributed by atoms with E-state index in [1.807, 2.05) is 0 Å². The van der Waals surface area contributed by atoms with Crippen LogP contribution in [0.5, 0.6) is 0 Å². The summed E-state index contributed by atoms with van der Waals surface area (Å²) in [4.78, 5) is 0. The molecule has 0 spiro atoms. The lowest BCUT2D eigenvalue weighted by Gasteiger charge is -2.28. The van der Waals surface area contributed by atoms with Crippen molar-refractivity contribution in [1.29, 1.82) is 0 Å². The summed E-state index contributed by atoms with van der Waals surface area (Å²) in [5.41, 5.74) is 3.49. The molecular weight excluding hydrogens is 230 g/mol. The van der Waals surface area contributed by atoms with Gasteiger partial charge in [0.1, 0.15) is 0 Å². The Morgan fingerprint density at radius 1 is 1.00 bits per heavy atom. The van der Waals surface area contributed by atoms with E-state index < -0.39 is 0 Å². The number of nitrogens with one attached hydrogen (secondary N) is 1. The van der Waals surface area contributed by atoms with Gasteiger partial charge in [0.25, 0.3) is 0 Å². The SMILES string of the molecule is CC(C)(C)NCC1C2CCC1Cc1ccccc1C2. The van der Waals surface area contributed by atoms with E-state index >= 15 is 0 Å². The quantitative estimate of drug-likeness (QED) is 0.849. The van der Waals surface area contributed by atoms with Gasteiger partial charge in [-0.1, -0.05) is 24.3 Å². The topological polar surface area (TPSA) is 12.0 Å². The average molecular weight is 257 g/mol. The predicted molar refractivity (Wildman–Crippen MR) is 81.3 cm³/mol. The highest BCUT2D eigenvalue weighted by atomic mass is 14.9. The number of fused-ring (bicyclic) bond motifs is 3. The van der Waals surface area contributed by atoms with Gasteiger partial charge >= 0.3 is 0 Å². The van der Waals surface area contributed by atoms with Gasteiger partial charge in [-0.25, -0.2) is 0 Å². The summed E-state index contributed by atoms with van der Waals surface area (Å²) < 4.78 is 0. The molecule has 2 aliphatic rings. The predicted octanol–water partition coefficient (Wildman–Crippen LogP) is 3.82. The van der Waals surface area contributed by atoms with Crippen molar-refractivity contribution in [3.63, 3.8) is 0 Å². The van der Waals surface area contributed by atoms with Crippen LogP contribution in [0.15, 0.2) is 24.3 Å². The van der Waals surface area contributed by atoms with E-state index in [9.17, 15) is 0 Å². The fourth-order valence-electron chi connectivity index (χ4n) is 4.03. The van der Waals surface area contributed by atoms with E-state index in [0.717, 1.165) is 17.8 Å². The molecule has 0 radical (unpaired) electrons. The molecule has 19 heavy (non-hydrogen) atoms. The lowest BCUT2D eigenvalue weighted by atomic mass is 9.87. The second kappa shape index (κ2) is 4.94. The van der Waals surface area contributed by atoms with Gasteiger partial charge in [0.2, 0.25) is 0 Å². The first-order valence-corrected chi connectivity index (χ1v) is 7.85. The van der Waals surface area contributed by atoms with Gasteiger partial charge in [-0.15, -0.1) is 0 Å². The van der Waals surface area contributed by atoms with Crippen molar-refractivity contribution in [2.24, 2.45) is 17.8 Å². The van der Waals surface area contributed by atoms with Crippen LogP contribution in [0.3, 0.4) is 0 Å². The molecule has 1 aromatic carbocycles. The molecule has 1 saturated carbocycles. The molecule has 1 nitrogen and oxygen atoms in total. The van der Waals surface area contributed by atoms with Crippen LogP contribution in [0, 0.1) is 17.8 Å². The molecule has 1 aromatic rings. The van der Waals surface area contributed by atoms with Gasteiger partial charge in [-0.05, 0) is 81.9 Å². The number of benzene rings is 1.